The summed E-state index contributed by atoms with van der Waals surface area (Å²) in [6.45, 7) is 6.21. The minimum Gasteiger partial charge on any atom is -0.394 e. The standard InChI is InChI=1S/C14H27NO9.C3H7NO.C2H6/c1-15-10(17)2-3-21-4-5-22-6-7-23-14-13(20)12(19)11(18)9(8-16)24-14;1-3(5)4-2;1-2/h9,11-14,16,18-20H,2-8H2,1H3,(H,15,17);1-2H3,(H,4,5);1-2H3/t9?,11?,12?,13?,14-;;/m1../s1. The Kier molecular flexibility index (Phi) is 21.1. The maximum Gasteiger partial charge on any atom is 0.222 e. The first kappa shape index (κ1) is 31.8. The highest BCUT2D eigenvalue weighted by Gasteiger charge is 2.43. The van der Waals surface area contributed by atoms with E-state index in [1.54, 1.807) is 14.1 Å². The summed E-state index contributed by atoms with van der Waals surface area (Å²) in [5.41, 5.74) is 0. The molecule has 2 amide bonds. The van der Waals surface area contributed by atoms with Crippen molar-refractivity contribution in [3.63, 3.8) is 0 Å². The van der Waals surface area contributed by atoms with Crippen LogP contribution in [0.25, 0.3) is 0 Å². The van der Waals surface area contributed by atoms with Crippen LogP contribution in [0.1, 0.15) is 27.2 Å². The molecule has 12 nitrogen and oxygen atoms in total. The van der Waals surface area contributed by atoms with Crippen LogP contribution in [0.2, 0.25) is 0 Å². The molecule has 0 radical (unpaired) electrons. The van der Waals surface area contributed by atoms with Crippen LogP contribution in [0.4, 0.5) is 0 Å². The monoisotopic (exact) mass is 456 g/mol. The van der Waals surface area contributed by atoms with Gasteiger partial charge in [-0.15, -0.1) is 0 Å². The molecular weight excluding hydrogens is 416 g/mol. The zero-order valence-corrected chi connectivity index (χ0v) is 19.1. The van der Waals surface area contributed by atoms with E-state index in [-0.39, 0.29) is 31.4 Å². The smallest absolute Gasteiger partial charge is 0.222 e. The second-order valence-corrected chi connectivity index (χ2v) is 6.02. The second kappa shape index (κ2) is 20.5. The van der Waals surface area contributed by atoms with Gasteiger partial charge < -0.3 is 50.0 Å². The van der Waals surface area contributed by atoms with E-state index in [0.717, 1.165) is 0 Å². The van der Waals surface area contributed by atoms with Crippen molar-refractivity contribution in [2.24, 2.45) is 0 Å². The van der Waals surface area contributed by atoms with Gasteiger partial charge in [0.25, 0.3) is 0 Å². The summed E-state index contributed by atoms with van der Waals surface area (Å²) in [7, 11) is 3.16. The fourth-order valence-corrected chi connectivity index (χ4v) is 2.04. The van der Waals surface area contributed by atoms with Crippen molar-refractivity contribution in [1.29, 1.82) is 0 Å². The number of hydrogen-bond donors (Lipinski definition) is 6. The predicted molar refractivity (Wildman–Crippen MR) is 111 cm³/mol. The molecule has 6 N–H and O–H groups in total. The molecule has 4 unspecified atom stereocenters. The molecule has 1 aliphatic heterocycles. The molecule has 0 bridgehead atoms. The third-order valence-corrected chi connectivity index (χ3v) is 3.83. The highest BCUT2D eigenvalue weighted by atomic mass is 16.7. The van der Waals surface area contributed by atoms with E-state index < -0.39 is 37.3 Å². The molecule has 0 aliphatic carbocycles. The summed E-state index contributed by atoms with van der Waals surface area (Å²) < 4.78 is 20.9. The van der Waals surface area contributed by atoms with Crippen molar-refractivity contribution >= 4 is 11.8 Å². The van der Waals surface area contributed by atoms with Gasteiger partial charge >= 0.3 is 0 Å². The second-order valence-electron chi connectivity index (χ2n) is 6.02. The molecule has 0 aromatic rings. The van der Waals surface area contributed by atoms with E-state index in [1.165, 1.54) is 6.92 Å². The normalized spacial score (nSPS) is 24.7. The molecule has 186 valence electrons. The fourth-order valence-electron chi connectivity index (χ4n) is 2.04. The largest absolute Gasteiger partial charge is 0.394 e. The Balaban J connectivity index is 0. The number of rotatable bonds is 11. The van der Waals surface area contributed by atoms with Gasteiger partial charge in [0.15, 0.2) is 6.29 Å². The van der Waals surface area contributed by atoms with Gasteiger partial charge in [-0.2, -0.15) is 0 Å². The van der Waals surface area contributed by atoms with Crippen molar-refractivity contribution in [3.8, 4) is 0 Å². The lowest BCUT2D eigenvalue weighted by Crippen LogP contribution is -2.59. The van der Waals surface area contributed by atoms with Gasteiger partial charge in [-0.25, -0.2) is 0 Å². The average Bonchev–Trinajstić information content (AvgIpc) is 2.79. The van der Waals surface area contributed by atoms with Gasteiger partial charge in [0, 0.05) is 27.4 Å². The molecule has 1 heterocycles. The highest BCUT2D eigenvalue weighted by molar-refractivity contribution is 5.75. The number of carbonyl (C=O) groups is 2. The van der Waals surface area contributed by atoms with Gasteiger partial charge in [-0.05, 0) is 0 Å². The van der Waals surface area contributed by atoms with Gasteiger partial charge in [0.2, 0.25) is 11.8 Å². The van der Waals surface area contributed by atoms with Crippen LogP contribution in [-0.2, 0) is 28.5 Å². The van der Waals surface area contributed by atoms with Gasteiger partial charge in [-0.3, -0.25) is 9.59 Å². The van der Waals surface area contributed by atoms with Crippen LogP contribution < -0.4 is 10.6 Å². The highest BCUT2D eigenvalue weighted by Crippen LogP contribution is 2.21. The Morgan fingerprint density at radius 2 is 1.39 bits per heavy atom. The fraction of sp³-hybridized carbons (Fsp3) is 0.895. The Labute approximate surface area is 183 Å². The topological polar surface area (TPSA) is 176 Å². The Hall–Kier alpha value is -1.38. The number of carbonyl (C=O) groups excluding carboxylic acids is 2. The first-order valence-electron chi connectivity index (χ1n) is 10.2. The number of hydrogen-bond acceptors (Lipinski definition) is 10. The van der Waals surface area contributed by atoms with E-state index in [0.29, 0.717) is 19.8 Å². The van der Waals surface area contributed by atoms with Crippen molar-refractivity contribution in [2.45, 2.75) is 57.9 Å². The van der Waals surface area contributed by atoms with Crippen molar-refractivity contribution < 1.29 is 49.0 Å². The lowest BCUT2D eigenvalue weighted by atomic mass is 9.99. The molecule has 0 aromatic carbocycles. The third-order valence-electron chi connectivity index (χ3n) is 3.83. The quantitative estimate of drug-likeness (QED) is 0.186. The summed E-state index contributed by atoms with van der Waals surface area (Å²) in [5.74, 6) is -0.0890. The molecule has 31 heavy (non-hydrogen) atoms. The van der Waals surface area contributed by atoms with Gasteiger partial charge in [-0.1, -0.05) is 13.8 Å². The Bertz CT molecular complexity index is 453. The molecule has 1 saturated heterocycles. The van der Waals surface area contributed by atoms with Crippen molar-refractivity contribution in [3.05, 3.63) is 0 Å². The molecule has 1 aliphatic rings. The number of aliphatic hydroxyl groups is 4. The van der Waals surface area contributed by atoms with Crippen LogP contribution >= 0.6 is 0 Å². The third kappa shape index (κ3) is 15.1. The van der Waals surface area contributed by atoms with E-state index in [4.69, 9.17) is 24.1 Å². The van der Waals surface area contributed by atoms with Crippen LogP contribution in [0.3, 0.4) is 0 Å². The lowest BCUT2D eigenvalue weighted by Gasteiger charge is -2.39. The zero-order chi connectivity index (χ0) is 24.2. The molecule has 1 fully saturated rings. The first-order valence-corrected chi connectivity index (χ1v) is 10.2. The van der Waals surface area contributed by atoms with E-state index in [2.05, 4.69) is 10.6 Å². The zero-order valence-electron chi connectivity index (χ0n) is 19.1. The van der Waals surface area contributed by atoms with E-state index >= 15 is 0 Å². The van der Waals surface area contributed by atoms with Crippen LogP contribution in [0.5, 0.6) is 0 Å². The van der Waals surface area contributed by atoms with Gasteiger partial charge in [0.1, 0.15) is 24.4 Å². The number of amides is 2. The minimum atomic E-state index is -1.46. The Morgan fingerprint density at radius 3 is 1.87 bits per heavy atom. The van der Waals surface area contributed by atoms with E-state index in [1.807, 2.05) is 13.8 Å². The maximum atomic E-state index is 10.9. The van der Waals surface area contributed by atoms with Gasteiger partial charge in [0.05, 0.1) is 39.6 Å². The van der Waals surface area contributed by atoms with Crippen LogP contribution in [-0.4, -0.2) is 117 Å². The average molecular weight is 457 g/mol. The van der Waals surface area contributed by atoms with Crippen molar-refractivity contribution in [1.82, 2.24) is 10.6 Å². The van der Waals surface area contributed by atoms with Crippen molar-refractivity contribution in [2.75, 3.05) is 53.7 Å². The Morgan fingerprint density at radius 1 is 0.871 bits per heavy atom. The molecule has 12 heteroatoms. The number of ether oxygens (including phenoxy) is 4. The maximum absolute atomic E-state index is 10.9. The summed E-state index contributed by atoms with van der Waals surface area (Å²) >= 11 is 0. The minimum absolute atomic E-state index is 0.00463. The number of aliphatic hydroxyl groups excluding tert-OH is 4. The molecule has 0 aromatic heterocycles. The summed E-state index contributed by atoms with van der Waals surface area (Å²) in [5, 5.41) is 42.9. The molecule has 1 rings (SSSR count). The van der Waals surface area contributed by atoms with Crippen LogP contribution in [0, 0.1) is 0 Å². The molecule has 0 saturated carbocycles. The molecule has 0 spiro atoms. The van der Waals surface area contributed by atoms with Crippen LogP contribution in [0.15, 0.2) is 0 Å². The SMILES string of the molecule is CC.CNC(=O)CCOCCOCCO[C@@H]1OC(CO)C(O)C(O)C1O.CNC(C)=O. The summed E-state index contributed by atoms with van der Waals surface area (Å²) in [6.07, 6.45) is -6.16. The summed E-state index contributed by atoms with van der Waals surface area (Å²) in [4.78, 5) is 20.6. The lowest BCUT2D eigenvalue weighted by molar-refractivity contribution is -0.302. The summed E-state index contributed by atoms with van der Waals surface area (Å²) in [6, 6.07) is 0. The molecular formula is C19H40N2O10. The number of nitrogens with one attached hydrogen (secondary N) is 2. The molecule has 5 atom stereocenters. The first-order chi connectivity index (χ1) is 14.8. The van der Waals surface area contributed by atoms with E-state index in [9.17, 15) is 24.9 Å². The predicted octanol–water partition coefficient (Wildman–Crippen LogP) is -2.25.